The molecule has 0 aromatic rings. The van der Waals surface area contributed by atoms with Crippen molar-refractivity contribution in [2.45, 2.75) is 50.0 Å². The number of hydrogen-bond donors (Lipinski definition) is 0. The van der Waals surface area contributed by atoms with Crippen molar-refractivity contribution in [3.05, 3.63) is 0 Å². The smallest absolute Gasteiger partial charge is 0.0939 e. The topological polar surface area (TPSA) is 18.5 Å². The predicted octanol–water partition coefficient (Wildman–Crippen LogP) is 3.38. The normalized spacial score (nSPS) is 38.8. The fraction of sp³-hybridized carbons (Fsp3) is 1.00. The first-order valence-electron chi connectivity index (χ1n) is 6.47. The van der Waals surface area contributed by atoms with E-state index in [1.54, 1.807) is 0 Å². The van der Waals surface area contributed by atoms with Gasteiger partial charge in [0.25, 0.3) is 0 Å². The Balaban J connectivity index is 1.90. The van der Waals surface area contributed by atoms with E-state index in [2.05, 4.69) is 29.8 Å². The van der Waals surface area contributed by atoms with Gasteiger partial charge in [-0.2, -0.15) is 0 Å². The Morgan fingerprint density at radius 2 is 2.19 bits per heavy atom. The van der Waals surface area contributed by atoms with E-state index in [0.29, 0.717) is 4.83 Å². The molecule has 0 saturated carbocycles. The van der Waals surface area contributed by atoms with Gasteiger partial charge in [0.1, 0.15) is 0 Å². The van der Waals surface area contributed by atoms with Crippen LogP contribution >= 0.6 is 15.9 Å². The molecule has 0 N–H and O–H groups in total. The van der Waals surface area contributed by atoms with Crippen LogP contribution in [0.25, 0.3) is 0 Å². The quantitative estimate of drug-likeness (QED) is 0.742. The zero-order valence-corrected chi connectivity index (χ0v) is 12.0. The van der Waals surface area contributed by atoms with E-state index in [4.69, 9.17) is 9.47 Å². The molecule has 0 aromatic heterocycles. The summed E-state index contributed by atoms with van der Waals surface area (Å²) >= 11 is 3.66. The molecule has 2 aliphatic heterocycles. The van der Waals surface area contributed by atoms with Crippen molar-refractivity contribution >= 4 is 15.9 Å². The number of alkyl halides is 1. The maximum absolute atomic E-state index is 5.98. The fourth-order valence-corrected chi connectivity index (χ4v) is 3.71. The van der Waals surface area contributed by atoms with Gasteiger partial charge in [-0.25, -0.2) is 0 Å². The summed E-state index contributed by atoms with van der Waals surface area (Å²) in [5.41, 5.74) is 0.0761. The van der Waals surface area contributed by atoms with E-state index < -0.39 is 0 Å². The molecule has 3 heteroatoms. The molecule has 0 aliphatic carbocycles. The minimum Gasteiger partial charge on any atom is -0.378 e. The van der Waals surface area contributed by atoms with Crippen LogP contribution in [0.4, 0.5) is 0 Å². The Labute approximate surface area is 107 Å². The average Bonchev–Trinajstić information content (AvgIpc) is 2.65. The first-order chi connectivity index (χ1) is 7.61. The van der Waals surface area contributed by atoms with Crippen molar-refractivity contribution in [3.63, 3.8) is 0 Å². The molecular weight excluding hydrogens is 268 g/mol. The zero-order chi connectivity index (χ0) is 11.6. The molecular formula is C13H23BrO2. The van der Waals surface area contributed by atoms with E-state index in [0.717, 1.165) is 38.1 Å². The summed E-state index contributed by atoms with van der Waals surface area (Å²) in [5.74, 6) is 1.60. The van der Waals surface area contributed by atoms with Gasteiger partial charge in [-0.15, -0.1) is 0 Å². The fourth-order valence-electron chi connectivity index (χ4n) is 3.12. The molecule has 1 spiro atoms. The van der Waals surface area contributed by atoms with Crippen LogP contribution in [0.3, 0.4) is 0 Å². The van der Waals surface area contributed by atoms with Gasteiger partial charge in [0, 0.05) is 24.5 Å². The van der Waals surface area contributed by atoms with E-state index >= 15 is 0 Å². The Hall–Kier alpha value is 0.400. The second kappa shape index (κ2) is 5.36. The Morgan fingerprint density at radius 1 is 1.38 bits per heavy atom. The highest BCUT2D eigenvalue weighted by Gasteiger charge is 2.42. The molecule has 2 heterocycles. The van der Waals surface area contributed by atoms with Crippen molar-refractivity contribution in [1.29, 1.82) is 0 Å². The summed E-state index contributed by atoms with van der Waals surface area (Å²) in [6, 6.07) is 0. The van der Waals surface area contributed by atoms with Crippen LogP contribution in [0.1, 0.15) is 39.5 Å². The van der Waals surface area contributed by atoms with Crippen molar-refractivity contribution in [1.82, 2.24) is 0 Å². The van der Waals surface area contributed by atoms with E-state index in [1.165, 1.54) is 19.3 Å². The molecule has 2 aliphatic rings. The van der Waals surface area contributed by atoms with Gasteiger partial charge in [0.15, 0.2) is 0 Å². The minimum atomic E-state index is 0.0761. The lowest BCUT2D eigenvalue weighted by molar-refractivity contribution is -0.106. The SMILES string of the molecule is CC(Br)CC(C)C1CCOC2(CCOC2)C1. The number of rotatable bonds is 3. The van der Waals surface area contributed by atoms with Gasteiger partial charge in [-0.3, -0.25) is 0 Å². The summed E-state index contributed by atoms with van der Waals surface area (Å²) in [7, 11) is 0. The van der Waals surface area contributed by atoms with Gasteiger partial charge in [-0.1, -0.05) is 29.8 Å². The largest absolute Gasteiger partial charge is 0.378 e. The predicted molar refractivity (Wildman–Crippen MR) is 69.0 cm³/mol. The molecule has 94 valence electrons. The van der Waals surface area contributed by atoms with Crippen molar-refractivity contribution < 1.29 is 9.47 Å². The van der Waals surface area contributed by atoms with Crippen molar-refractivity contribution in [3.8, 4) is 0 Å². The molecule has 2 fully saturated rings. The lowest BCUT2D eigenvalue weighted by atomic mass is 9.77. The van der Waals surface area contributed by atoms with Crippen LogP contribution in [0, 0.1) is 11.8 Å². The standard InChI is InChI=1S/C13H23BrO2/c1-10(7-11(2)14)12-3-5-16-13(8-12)4-6-15-9-13/h10-12H,3-9H2,1-2H3. The molecule has 2 rings (SSSR count). The van der Waals surface area contributed by atoms with Gasteiger partial charge in [0.05, 0.1) is 12.2 Å². The van der Waals surface area contributed by atoms with Crippen LogP contribution in [0.5, 0.6) is 0 Å². The van der Waals surface area contributed by atoms with Gasteiger partial charge in [-0.05, 0) is 31.1 Å². The van der Waals surface area contributed by atoms with E-state index in [-0.39, 0.29) is 5.60 Å². The Morgan fingerprint density at radius 3 is 2.81 bits per heavy atom. The van der Waals surface area contributed by atoms with E-state index in [9.17, 15) is 0 Å². The summed E-state index contributed by atoms with van der Waals surface area (Å²) in [6.07, 6.45) is 4.79. The molecule has 0 bridgehead atoms. The molecule has 2 nitrogen and oxygen atoms in total. The highest BCUT2D eigenvalue weighted by atomic mass is 79.9. The van der Waals surface area contributed by atoms with Crippen molar-refractivity contribution in [2.24, 2.45) is 11.8 Å². The third-order valence-corrected chi connectivity index (χ3v) is 4.47. The summed E-state index contributed by atoms with van der Waals surface area (Å²) in [4.78, 5) is 0.626. The molecule has 2 saturated heterocycles. The highest BCUT2D eigenvalue weighted by Crippen LogP contribution is 2.40. The first-order valence-corrected chi connectivity index (χ1v) is 7.39. The number of ether oxygens (including phenoxy) is 2. The van der Waals surface area contributed by atoms with Crippen molar-refractivity contribution in [2.75, 3.05) is 19.8 Å². The Kier molecular flexibility index (Phi) is 4.31. The molecule has 4 unspecified atom stereocenters. The number of hydrogen-bond acceptors (Lipinski definition) is 2. The second-order valence-corrected chi connectivity index (χ2v) is 7.14. The van der Waals surface area contributed by atoms with Crippen LogP contribution < -0.4 is 0 Å². The summed E-state index contributed by atoms with van der Waals surface area (Å²) in [6.45, 7) is 7.26. The molecule has 0 amide bonds. The molecule has 16 heavy (non-hydrogen) atoms. The van der Waals surface area contributed by atoms with Gasteiger partial charge >= 0.3 is 0 Å². The molecule has 0 radical (unpaired) electrons. The minimum absolute atomic E-state index is 0.0761. The monoisotopic (exact) mass is 290 g/mol. The summed E-state index contributed by atoms with van der Waals surface area (Å²) in [5, 5.41) is 0. The second-order valence-electron chi connectivity index (χ2n) is 5.58. The lowest BCUT2D eigenvalue weighted by Gasteiger charge is -2.39. The van der Waals surface area contributed by atoms with Crippen LogP contribution in [0.2, 0.25) is 0 Å². The first kappa shape index (κ1) is 12.8. The van der Waals surface area contributed by atoms with Gasteiger partial charge < -0.3 is 9.47 Å². The third kappa shape index (κ3) is 2.99. The van der Waals surface area contributed by atoms with Crippen LogP contribution in [-0.2, 0) is 9.47 Å². The zero-order valence-electron chi connectivity index (χ0n) is 10.4. The van der Waals surface area contributed by atoms with Crippen LogP contribution in [0.15, 0.2) is 0 Å². The lowest BCUT2D eigenvalue weighted by Crippen LogP contribution is -2.42. The number of halogens is 1. The molecule has 0 aromatic carbocycles. The molecule has 4 atom stereocenters. The average molecular weight is 291 g/mol. The summed E-state index contributed by atoms with van der Waals surface area (Å²) < 4.78 is 11.5. The third-order valence-electron chi connectivity index (χ3n) is 4.10. The highest BCUT2D eigenvalue weighted by molar-refractivity contribution is 9.09. The maximum Gasteiger partial charge on any atom is 0.0939 e. The van der Waals surface area contributed by atoms with E-state index in [1.807, 2.05) is 0 Å². The maximum atomic E-state index is 5.98. The Bertz CT molecular complexity index is 224. The van der Waals surface area contributed by atoms with Gasteiger partial charge in [0.2, 0.25) is 0 Å². The van der Waals surface area contributed by atoms with Crippen LogP contribution in [-0.4, -0.2) is 30.2 Å².